The van der Waals surface area contributed by atoms with Gasteiger partial charge in [-0.05, 0) is 30.3 Å². The van der Waals surface area contributed by atoms with Crippen molar-refractivity contribution in [2.75, 3.05) is 21.3 Å². The van der Waals surface area contributed by atoms with E-state index in [2.05, 4.69) is 15.9 Å². The standard InChI is InChI=1S/C17H14BrNO6/c1-22-13-6-9(7-14(23-2)15(13)24-3)16(20)19-11-5-4-10(18)8-12(11)25-17(19)21/h4-8H,1-3H3. The van der Waals surface area contributed by atoms with Gasteiger partial charge in [0.25, 0.3) is 5.91 Å². The number of carbonyl (C=O) groups excluding carboxylic acids is 1. The van der Waals surface area contributed by atoms with Gasteiger partial charge in [0.05, 0.1) is 26.8 Å². The first-order chi connectivity index (χ1) is 12.0. The van der Waals surface area contributed by atoms with Gasteiger partial charge < -0.3 is 18.6 Å². The van der Waals surface area contributed by atoms with Crippen molar-refractivity contribution >= 4 is 32.9 Å². The maximum atomic E-state index is 12.9. The first-order valence-electron chi connectivity index (χ1n) is 7.16. The molecule has 0 atom stereocenters. The Bertz CT molecular complexity index is 995. The summed E-state index contributed by atoms with van der Waals surface area (Å²) in [7, 11) is 4.36. The third-order valence-corrected chi connectivity index (χ3v) is 4.15. The van der Waals surface area contributed by atoms with E-state index < -0.39 is 11.7 Å². The monoisotopic (exact) mass is 407 g/mol. The minimum absolute atomic E-state index is 0.196. The third-order valence-electron chi connectivity index (χ3n) is 3.66. The molecular weight excluding hydrogens is 394 g/mol. The van der Waals surface area contributed by atoms with Crippen LogP contribution in [-0.2, 0) is 0 Å². The highest BCUT2D eigenvalue weighted by Crippen LogP contribution is 2.38. The molecule has 0 spiro atoms. The zero-order valence-corrected chi connectivity index (χ0v) is 15.2. The van der Waals surface area contributed by atoms with Crippen LogP contribution in [0.2, 0.25) is 0 Å². The summed E-state index contributed by atoms with van der Waals surface area (Å²) in [5, 5.41) is 0. The molecule has 0 unspecified atom stereocenters. The molecule has 0 N–H and O–H groups in total. The predicted molar refractivity (Wildman–Crippen MR) is 94.0 cm³/mol. The second-order valence-corrected chi connectivity index (χ2v) is 5.95. The van der Waals surface area contributed by atoms with Crippen LogP contribution in [0.25, 0.3) is 11.1 Å². The van der Waals surface area contributed by atoms with Crippen molar-refractivity contribution in [1.29, 1.82) is 0 Å². The lowest BCUT2D eigenvalue weighted by molar-refractivity contribution is 0.0955. The molecule has 25 heavy (non-hydrogen) atoms. The van der Waals surface area contributed by atoms with Crippen molar-refractivity contribution < 1.29 is 23.4 Å². The van der Waals surface area contributed by atoms with Crippen LogP contribution >= 0.6 is 15.9 Å². The zero-order chi connectivity index (χ0) is 18.1. The number of oxazole rings is 1. The van der Waals surface area contributed by atoms with Crippen LogP contribution in [0.4, 0.5) is 0 Å². The molecule has 0 fully saturated rings. The molecule has 0 bridgehead atoms. The smallest absolute Gasteiger partial charge is 0.427 e. The van der Waals surface area contributed by atoms with Crippen LogP contribution in [0.3, 0.4) is 0 Å². The second kappa shape index (κ2) is 6.64. The van der Waals surface area contributed by atoms with Crippen molar-refractivity contribution in [2.24, 2.45) is 0 Å². The lowest BCUT2D eigenvalue weighted by Gasteiger charge is -2.13. The van der Waals surface area contributed by atoms with E-state index in [1.807, 2.05) is 0 Å². The highest BCUT2D eigenvalue weighted by Gasteiger charge is 2.22. The molecule has 3 rings (SSSR count). The van der Waals surface area contributed by atoms with Crippen molar-refractivity contribution in [2.45, 2.75) is 0 Å². The van der Waals surface area contributed by atoms with Crippen LogP contribution < -0.4 is 20.0 Å². The van der Waals surface area contributed by atoms with E-state index in [1.54, 1.807) is 18.2 Å². The van der Waals surface area contributed by atoms with E-state index >= 15 is 0 Å². The molecule has 130 valence electrons. The number of benzene rings is 2. The minimum Gasteiger partial charge on any atom is -0.493 e. The van der Waals surface area contributed by atoms with Gasteiger partial charge >= 0.3 is 5.76 Å². The summed E-state index contributed by atoms with van der Waals surface area (Å²) < 4.78 is 22.6. The van der Waals surface area contributed by atoms with Gasteiger partial charge in [-0.1, -0.05) is 15.9 Å². The summed E-state index contributed by atoms with van der Waals surface area (Å²) in [4.78, 5) is 25.1. The molecule has 7 nitrogen and oxygen atoms in total. The van der Waals surface area contributed by atoms with E-state index in [-0.39, 0.29) is 5.56 Å². The van der Waals surface area contributed by atoms with E-state index in [9.17, 15) is 9.59 Å². The summed E-state index contributed by atoms with van der Waals surface area (Å²) in [6.45, 7) is 0. The number of halogens is 1. The van der Waals surface area contributed by atoms with Crippen LogP contribution in [0, 0.1) is 0 Å². The van der Waals surface area contributed by atoms with Crippen molar-refractivity contribution in [1.82, 2.24) is 4.57 Å². The quantitative estimate of drug-likeness (QED) is 0.660. The largest absolute Gasteiger partial charge is 0.493 e. The molecule has 0 amide bonds. The molecule has 8 heteroatoms. The van der Waals surface area contributed by atoms with Gasteiger partial charge in [0, 0.05) is 10.0 Å². The van der Waals surface area contributed by atoms with Crippen molar-refractivity contribution in [3.63, 3.8) is 0 Å². The Morgan fingerprint density at radius 3 is 2.24 bits per heavy atom. The Balaban J connectivity index is 2.19. The minimum atomic E-state index is -0.771. The Morgan fingerprint density at radius 2 is 1.68 bits per heavy atom. The Morgan fingerprint density at radius 1 is 1.04 bits per heavy atom. The van der Waals surface area contributed by atoms with Crippen LogP contribution in [0.1, 0.15) is 10.4 Å². The fraction of sp³-hybridized carbons (Fsp3) is 0.176. The number of hydrogen-bond acceptors (Lipinski definition) is 6. The number of hydrogen-bond donors (Lipinski definition) is 0. The fourth-order valence-corrected chi connectivity index (χ4v) is 2.86. The van der Waals surface area contributed by atoms with Crippen molar-refractivity contribution in [3.8, 4) is 17.2 Å². The molecule has 0 aliphatic carbocycles. The lowest BCUT2D eigenvalue weighted by Crippen LogP contribution is -2.23. The summed E-state index contributed by atoms with van der Waals surface area (Å²) in [5.41, 5.74) is 0.870. The topological polar surface area (TPSA) is 79.9 Å². The average Bonchev–Trinajstić information content (AvgIpc) is 2.94. The molecule has 3 aromatic rings. The number of nitrogens with zero attached hydrogens (tertiary/aromatic N) is 1. The van der Waals surface area contributed by atoms with E-state index in [0.717, 1.165) is 9.04 Å². The zero-order valence-electron chi connectivity index (χ0n) is 13.7. The van der Waals surface area contributed by atoms with Crippen molar-refractivity contribution in [3.05, 3.63) is 50.9 Å². The molecule has 1 aromatic heterocycles. The maximum absolute atomic E-state index is 12.9. The van der Waals surface area contributed by atoms with E-state index in [4.69, 9.17) is 18.6 Å². The van der Waals surface area contributed by atoms with Crippen LogP contribution in [0.5, 0.6) is 17.2 Å². The number of rotatable bonds is 4. The van der Waals surface area contributed by atoms with Gasteiger partial charge in [0.2, 0.25) is 5.75 Å². The Labute approximate surface area is 150 Å². The molecule has 0 radical (unpaired) electrons. The Kier molecular flexibility index (Phi) is 4.54. The number of carbonyl (C=O) groups is 1. The number of fused-ring (bicyclic) bond motifs is 1. The van der Waals surface area contributed by atoms with E-state index in [0.29, 0.717) is 28.3 Å². The van der Waals surface area contributed by atoms with Gasteiger partial charge in [-0.3, -0.25) is 4.79 Å². The Hall–Kier alpha value is -2.74. The first kappa shape index (κ1) is 17.1. The summed E-state index contributed by atoms with van der Waals surface area (Å²) in [6, 6.07) is 7.92. The fourth-order valence-electron chi connectivity index (χ4n) is 2.52. The summed E-state index contributed by atoms with van der Waals surface area (Å²) >= 11 is 3.30. The number of ether oxygens (including phenoxy) is 3. The number of aromatic nitrogens is 1. The third kappa shape index (κ3) is 2.89. The normalized spacial score (nSPS) is 10.7. The average molecular weight is 408 g/mol. The highest BCUT2D eigenvalue weighted by molar-refractivity contribution is 9.10. The van der Waals surface area contributed by atoms with Gasteiger partial charge in [0.1, 0.15) is 0 Å². The summed E-state index contributed by atoms with van der Waals surface area (Å²) in [6.07, 6.45) is 0. The SMILES string of the molecule is COc1cc(C(=O)n2c(=O)oc3cc(Br)ccc32)cc(OC)c1OC. The highest BCUT2D eigenvalue weighted by atomic mass is 79.9. The molecule has 2 aromatic carbocycles. The molecule has 1 heterocycles. The van der Waals surface area contributed by atoms with Crippen LogP contribution in [-0.4, -0.2) is 31.8 Å². The van der Waals surface area contributed by atoms with Gasteiger partial charge in [-0.15, -0.1) is 0 Å². The molecular formula is C17H14BrNO6. The predicted octanol–water partition coefficient (Wildman–Crippen LogP) is 3.07. The maximum Gasteiger partial charge on any atom is 0.427 e. The lowest BCUT2D eigenvalue weighted by atomic mass is 10.1. The number of methoxy groups -OCH3 is 3. The molecule has 0 saturated heterocycles. The first-order valence-corrected chi connectivity index (χ1v) is 7.95. The van der Waals surface area contributed by atoms with Gasteiger partial charge in [-0.25, -0.2) is 9.36 Å². The van der Waals surface area contributed by atoms with E-state index in [1.165, 1.54) is 33.5 Å². The molecule has 0 aliphatic heterocycles. The van der Waals surface area contributed by atoms with Gasteiger partial charge in [-0.2, -0.15) is 0 Å². The second-order valence-electron chi connectivity index (χ2n) is 5.03. The summed E-state index contributed by atoms with van der Waals surface area (Å²) in [5.74, 6) is -0.352. The van der Waals surface area contributed by atoms with Gasteiger partial charge in [0.15, 0.2) is 17.1 Å². The molecule has 0 saturated carbocycles. The van der Waals surface area contributed by atoms with Crippen LogP contribution in [0.15, 0.2) is 44.0 Å². The molecule has 0 aliphatic rings.